The molecule has 0 heterocycles. The van der Waals surface area contributed by atoms with Crippen molar-refractivity contribution in [1.82, 2.24) is 5.43 Å². The molecule has 3 aliphatic rings. The second-order valence-corrected chi connectivity index (χ2v) is 4.76. The largest absolute Gasteiger partial charge is 0.397 e. The van der Waals surface area contributed by atoms with Gasteiger partial charge in [-0.05, 0) is 24.2 Å². The van der Waals surface area contributed by atoms with Gasteiger partial charge in [0.1, 0.15) is 0 Å². The number of carbonyl (C=O) groups is 1. The van der Waals surface area contributed by atoms with Gasteiger partial charge >= 0.3 is 0 Å². The van der Waals surface area contributed by atoms with E-state index in [1.165, 1.54) is 6.20 Å². The summed E-state index contributed by atoms with van der Waals surface area (Å²) in [4.78, 5) is 12.2. The van der Waals surface area contributed by atoms with E-state index in [9.17, 15) is 4.79 Å². The molecule has 4 nitrogen and oxygen atoms in total. The molecule has 16 heavy (non-hydrogen) atoms. The number of fused-ring (bicyclic) bond motifs is 5. The van der Waals surface area contributed by atoms with Gasteiger partial charge in [0, 0.05) is 17.7 Å². The van der Waals surface area contributed by atoms with E-state index < -0.39 is 0 Å². The molecule has 4 unspecified atom stereocenters. The van der Waals surface area contributed by atoms with Gasteiger partial charge in [-0.2, -0.15) is 0 Å². The van der Waals surface area contributed by atoms with Gasteiger partial charge in [-0.3, -0.25) is 10.6 Å². The fourth-order valence-corrected chi connectivity index (χ4v) is 3.32. The van der Waals surface area contributed by atoms with Gasteiger partial charge in [-0.1, -0.05) is 18.2 Å². The summed E-state index contributed by atoms with van der Waals surface area (Å²) in [5.41, 5.74) is 9.27. The van der Waals surface area contributed by atoms with Crippen LogP contribution in [0.4, 0.5) is 0 Å². The number of nitrogens with two attached hydrogens (primary N) is 2. The van der Waals surface area contributed by atoms with Crippen LogP contribution in [0, 0.1) is 23.7 Å². The lowest BCUT2D eigenvalue weighted by Gasteiger charge is -2.17. The Kier molecular flexibility index (Phi) is 1.94. The maximum Gasteiger partial charge on any atom is 0.168 e. The predicted molar refractivity (Wildman–Crippen MR) is 60.4 cm³/mol. The number of hydrogen-bond donors (Lipinski definition) is 3. The molecule has 84 valence electrons. The van der Waals surface area contributed by atoms with Crippen molar-refractivity contribution in [3.63, 3.8) is 0 Å². The van der Waals surface area contributed by atoms with E-state index in [1.807, 2.05) is 6.08 Å². The van der Waals surface area contributed by atoms with E-state index in [-0.39, 0.29) is 11.7 Å². The van der Waals surface area contributed by atoms with Crippen molar-refractivity contribution in [3.05, 3.63) is 35.7 Å². The number of ketones is 1. The first kappa shape index (κ1) is 9.66. The Balaban J connectivity index is 1.93. The van der Waals surface area contributed by atoms with Crippen LogP contribution in [0.15, 0.2) is 35.7 Å². The molecule has 1 saturated carbocycles. The lowest BCUT2D eigenvalue weighted by atomic mass is 9.85. The zero-order chi connectivity index (χ0) is 11.3. The van der Waals surface area contributed by atoms with Gasteiger partial charge in [-0.25, -0.2) is 0 Å². The minimum Gasteiger partial charge on any atom is -0.397 e. The SMILES string of the molecule is NN/C=C(\N)C1=CC2C3C=CC(C3)C2C1=O. The lowest BCUT2D eigenvalue weighted by Crippen LogP contribution is -2.23. The first-order chi connectivity index (χ1) is 7.72. The first-order valence-corrected chi connectivity index (χ1v) is 5.59. The Morgan fingerprint density at radius 1 is 1.44 bits per heavy atom. The maximum absolute atomic E-state index is 12.2. The second kappa shape index (κ2) is 3.22. The number of rotatable bonds is 2. The number of Topliss-reactive ketones (excluding diaryl/α,β-unsaturated/α-hetero) is 1. The molecule has 2 bridgehead atoms. The van der Waals surface area contributed by atoms with E-state index >= 15 is 0 Å². The van der Waals surface area contributed by atoms with E-state index in [1.54, 1.807) is 0 Å². The van der Waals surface area contributed by atoms with Crippen molar-refractivity contribution < 1.29 is 4.79 Å². The smallest absolute Gasteiger partial charge is 0.168 e. The molecule has 0 amide bonds. The highest BCUT2D eigenvalue weighted by molar-refractivity contribution is 6.04. The zero-order valence-corrected chi connectivity index (χ0v) is 8.89. The van der Waals surface area contributed by atoms with Crippen molar-refractivity contribution in [2.75, 3.05) is 0 Å². The lowest BCUT2D eigenvalue weighted by molar-refractivity contribution is -0.119. The predicted octanol–water partition coefficient (Wildman–Crippen LogP) is 0.197. The quantitative estimate of drug-likeness (QED) is 0.350. The summed E-state index contributed by atoms with van der Waals surface area (Å²) in [6.07, 6.45) is 9.05. The molecule has 3 rings (SSSR count). The molecule has 0 saturated heterocycles. The zero-order valence-electron chi connectivity index (χ0n) is 8.89. The van der Waals surface area contributed by atoms with Crippen molar-refractivity contribution >= 4 is 5.78 Å². The normalized spacial score (nSPS) is 40.2. The molecule has 3 aliphatic carbocycles. The molecule has 5 N–H and O–H groups in total. The van der Waals surface area contributed by atoms with Crippen molar-refractivity contribution in [1.29, 1.82) is 0 Å². The topological polar surface area (TPSA) is 81.1 Å². The van der Waals surface area contributed by atoms with Crippen LogP contribution in [0.5, 0.6) is 0 Å². The Morgan fingerprint density at radius 3 is 2.88 bits per heavy atom. The number of hydrogen-bond acceptors (Lipinski definition) is 4. The summed E-state index contributed by atoms with van der Waals surface area (Å²) < 4.78 is 0. The minimum absolute atomic E-state index is 0.134. The van der Waals surface area contributed by atoms with E-state index in [0.717, 1.165) is 6.42 Å². The summed E-state index contributed by atoms with van der Waals surface area (Å²) in [5, 5.41) is 0. The second-order valence-electron chi connectivity index (χ2n) is 4.76. The van der Waals surface area contributed by atoms with E-state index in [0.29, 0.717) is 29.0 Å². The van der Waals surface area contributed by atoms with Gasteiger partial charge < -0.3 is 11.2 Å². The maximum atomic E-state index is 12.2. The molecular formula is C12H15N3O. The van der Waals surface area contributed by atoms with Gasteiger partial charge in [0.05, 0.1) is 5.70 Å². The van der Waals surface area contributed by atoms with Crippen LogP contribution in [0.1, 0.15) is 6.42 Å². The molecule has 0 radical (unpaired) electrons. The summed E-state index contributed by atoms with van der Waals surface area (Å²) in [6.45, 7) is 0. The molecule has 4 atom stereocenters. The van der Waals surface area contributed by atoms with Crippen LogP contribution >= 0.6 is 0 Å². The summed E-state index contributed by atoms with van der Waals surface area (Å²) in [7, 11) is 0. The number of hydrazine groups is 1. The molecular weight excluding hydrogens is 202 g/mol. The highest BCUT2D eigenvalue weighted by atomic mass is 16.1. The van der Waals surface area contributed by atoms with Gasteiger partial charge in [0.2, 0.25) is 0 Å². The van der Waals surface area contributed by atoms with Crippen LogP contribution in [-0.4, -0.2) is 5.78 Å². The van der Waals surface area contributed by atoms with Crippen LogP contribution in [-0.2, 0) is 4.79 Å². The molecule has 4 heteroatoms. The Bertz CT molecular complexity index is 436. The van der Waals surface area contributed by atoms with E-state index in [2.05, 4.69) is 17.6 Å². The van der Waals surface area contributed by atoms with Crippen LogP contribution < -0.4 is 17.0 Å². The minimum atomic E-state index is 0.134. The fourth-order valence-electron chi connectivity index (χ4n) is 3.32. The molecule has 0 aliphatic heterocycles. The molecule has 0 aromatic heterocycles. The third-order valence-corrected chi connectivity index (χ3v) is 4.00. The van der Waals surface area contributed by atoms with Crippen LogP contribution in [0.25, 0.3) is 0 Å². The summed E-state index contributed by atoms with van der Waals surface area (Å²) >= 11 is 0. The summed E-state index contributed by atoms with van der Waals surface area (Å²) in [5.74, 6) is 6.81. The van der Waals surface area contributed by atoms with E-state index in [4.69, 9.17) is 11.6 Å². The van der Waals surface area contributed by atoms with Gasteiger partial charge in [0.15, 0.2) is 5.78 Å². The highest BCUT2D eigenvalue weighted by Crippen LogP contribution is 2.53. The van der Waals surface area contributed by atoms with Crippen molar-refractivity contribution in [2.45, 2.75) is 6.42 Å². The average Bonchev–Trinajstić information content (AvgIpc) is 2.90. The summed E-state index contributed by atoms with van der Waals surface area (Å²) in [6, 6.07) is 0. The third-order valence-electron chi connectivity index (χ3n) is 4.00. The molecule has 1 fully saturated rings. The van der Waals surface area contributed by atoms with Gasteiger partial charge in [0.25, 0.3) is 0 Å². The molecule has 0 spiro atoms. The number of carbonyl (C=O) groups excluding carboxylic acids is 1. The number of allylic oxidation sites excluding steroid dienone is 4. The standard InChI is InChI=1S/C12H15N3O/c13-10(5-15-14)9-4-8-6-1-2-7(3-6)11(8)12(9)16/h1-2,4-8,11,15H,3,13-14H2/b10-5-. The van der Waals surface area contributed by atoms with Gasteiger partial charge in [-0.15, -0.1) is 0 Å². The third kappa shape index (κ3) is 1.10. The number of nitrogens with one attached hydrogen (secondary N) is 1. The molecule has 0 aromatic rings. The highest BCUT2D eigenvalue weighted by Gasteiger charge is 2.51. The Labute approximate surface area is 94.0 Å². The Morgan fingerprint density at radius 2 is 2.19 bits per heavy atom. The van der Waals surface area contributed by atoms with Crippen molar-refractivity contribution in [2.24, 2.45) is 35.2 Å². The van der Waals surface area contributed by atoms with Crippen LogP contribution in [0.2, 0.25) is 0 Å². The first-order valence-electron chi connectivity index (χ1n) is 5.59. The fraction of sp³-hybridized carbons (Fsp3) is 0.417. The average molecular weight is 217 g/mol. The monoisotopic (exact) mass is 217 g/mol. The van der Waals surface area contributed by atoms with Crippen LogP contribution in [0.3, 0.4) is 0 Å². The van der Waals surface area contributed by atoms with Crippen molar-refractivity contribution in [3.8, 4) is 0 Å². The Hall–Kier alpha value is -1.55. The molecule has 0 aromatic carbocycles.